The first-order valence-electron chi connectivity index (χ1n) is 6.54. The Morgan fingerprint density at radius 3 is 2.55 bits per heavy atom. The molecule has 0 amide bonds. The molecule has 2 nitrogen and oxygen atoms in total. The molecule has 1 fully saturated rings. The molecule has 2 rings (SSSR count). The maximum Gasteiger partial charge on any atom is 0.0408 e. The maximum atomic E-state index is 6.04. The van der Waals surface area contributed by atoms with E-state index in [9.17, 15) is 0 Å². The summed E-state index contributed by atoms with van der Waals surface area (Å²) in [6.45, 7) is 10.4. The first-order chi connectivity index (χ1) is 8.72. The van der Waals surface area contributed by atoms with Crippen LogP contribution in [-0.2, 0) is 0 Å². The molecular weight excluding hydrogens is 315 g/mol. The molecule has 1 aliphatic rings. The summed E-state index contributed by atoms with van der Waals surface area (Å²) in [5, 5.41) is 4.21. The van der Waals surface area contributed by atoms with E-state index in [0.29, 0.717) is 6.04 Å². The van der Waals surface area contributed by atoms with Crippen molar-refractivity contribution in [2.75, 3.05) is 26.2 Å². The van der Waals surface area contributed by atoms with Crippen molar-refractivity contribution in [2.45, 2.75) is 19.4 Å². The van der Waals surface area contributed by atoms with Crippen molar-refractivity contribution in [3.05, 3.63) is 47.0 Å². The van der Waals surface area contributed by atoms with Crippen LogP contribution in [0.15, 0.2) is 30.9 Å². The number of nitrogens with one attached hydrogen (secondary N) is 1. The largest absolute Gasteiger partial charge is 0.314 e. The van der Waals surface area contributed by atoms with Crippen molar-refractivity contribution in [2.24, 2.45) is 0 Å². The fraction of sp³-hybridized carbons (Fsp3) is 0.467. The second kappa shape index (κ2) is 9.64. The number of benzene rings is 1. The Morgan fingerprint density at radius 2 is 2.00 bits per heavy atom. The van der Waals surface area contributed by atoms with Crippen LogP contribution in [0.25, 0.3) is 0 Å². The Balaban J connectivity index is 0.00000180. The lowest BCUT2D eigenvalue weighted by Crippen LogP contribution is -2.45. The van der Waals surface area contributed by atoms with Gasteiger partial charge < -0.3 is 5.32 Å². The molecule has 5 heteroatoms. The van der Waals surface area contributed by atoms with Gasteiger partial charge in [0.15, 0.2) is 0 Å². The summed E-state index contributed by atoms with van der Waals surface area (Å²) < 4.78 is 0. The van der Waals surface area contributed by atoms with E-state index in [1.54, 1.807) is 0 Å². The Hall–Kier alpha value is -0.250. The van der Waals surface area contributed by atoms with Gasteiger partial charge in [0.2, 0.25) is 0 Å². The standard InChI is InChI=1S/C15H21ClN2.2ClH/c1-3-4-15(18-9-7-17-8-10-18)14-6-5-13(16)11-12(14)2;;/h3,5-6,11,15,17H,1,4,7-10H2,2H3;2*1H/t15-;;/m1../s1. The van der Waals surface area contributed by atoms with Gasteiger partial charge in [-0.05, 0) is 36.6 Å². The van der Waals surface area contributed by atoms with Gasteiger partial charge in [-0.1, -0.05) is 23.7 Å². The van der Waals surface area contributed by atoms with Gasteiger partial charge in [-0.2, -0.15) is 0 Å². The molecule has 1 aromatic rings. The van der Waals surface area contributed by atoms with E-state index < -0.39 is 0 Å². The quantitative estimate of drug-likeness (QED) is 0.835. The molecule has 0 aliphatic carbocycles. The zero-order chi connectivity index (χ0) is 13.0. The molecule has 1 aromatic carbocycles. The van der Waals surface area contributed by atoms with Gasteiger partial charge in [-0.15, -0.1) is 31.4 Å². The van der Waals surface area contributed by atoms with Crippen LogP contribution in [-0.4, -0.2) is 31.1 Å². The van der Waals surface area contributed by atoms with Crippen LogP contribution < -0.4 is 5.32 Å². The molecule has 1 saturated heterocycles. The second-order valence-corrected chi connectivity index (χ2v) is 5.26. The minimum Gasteiger partial charge on any atom is -0.314 e. The molecule has 0 bridgehead atoms. The summed E-state index contributed by atoms with van der Waals surface area (Å²) in [6, 6.07) is 6.63. The van der Waals surface area contributed by atoms with E-state index in [2.05, 4.69) is 35.9 Å². The van der Waals surface area contributed by atoms with Gasteiger partial charge >= 0.3 is 0 Å². The minimum atomic E-state index is 0. The van der Waals surface area contributed by atoms with Gasteiger partial charge in [0, 0.05) is 37.2 Å². The molecule has 0 saturated carbocycles. The molecule has 1 N–H and O–H groups in total. The zero-order valence-corrected chi connectivity index (χ0v) is 14.2. The maximum absolute atomic E-state index is 6.04. The Kier molecular flexibility index (Phi) is 9.52. The minimum absolute atomic E-state index is 0. The normalized spacial score (nSPS) is 16.7. The van der Waals surface area contributed by atoms with E-state index in [1.807, 2.05) is 12.1 Å². The molecular formula is C15H23Cl3N2. The monoisotopic (exact) mass is 336 g/mol. The SMILES string of the molecule is C=CC[C@H](c1ccc(Cl)cc1C)N1CCNCC1.Cl.Cl. The highest BCUT2D eigenvalue weighted by Crippen LogP contribution is 2.29. The number of piperazine rings is 1. The van der Waals surface area contributed by atoms with Crippen molar-refractivity contribution in [3.8, 4) is 0 Å². The predicted octanol–water partition coefficient (Wildman–Crippen LogP) is 4.01. The van der Waals surface area contributed by atoms with E-state index in [1.165, 1.54) is 11.1 Å². The van der Waals surface area contributed by atoms with Gasteiger partial charge in [0.05, 0.1) is 0 Å². The van der Waals surface area contributed by atoms with Crippen LogP contribution >= 0.6 is 36.4 Å². The van der Waals surface area contributed by atoms with Gasteiger partial charge in [-0.25, -0.2) is 0 Å². The lowest BCUT2D eigenvalue weighted by Gasteiger charge is -2.35. The Morgan fingerprint density at radius 1 is 1.35 bits per heavy atom. The van der Waals surface area contributed by atoms with Gasteiger partial charge in [0.25, 0.3) is 0 Å². The fourth-order valence-corrected chi connectivity index (χ4v) is 2.86. The average molecular weight is 338 g/mol. The lowest BCUT2D eigenvalue weighted by molar-refractivity contribution is 0.174. The van der Waals surface area contributed by atoms with E-state index in [-0.39, 0.29) is 24.8 Å². The molecule has 1 heterocycles. The van der Waals surface area contributed by atoms with Crippen molar-refractivity contribution < 1.29 is 0 Å². The number of halogens is 3. The molecule has 20 heavy (non-hydrogen) atoms. The number of hydrogen-bond donors (Lipinski definition) is 1. The molecule has 0 spiro atoms. The van der Waals surface area contributed by atoms with Crippen LogP contribution in [0.1, 0.15) is 23.6 Å². The number of nitrogens with zero attached hydrogens (tertiary/aromatic N) is 1. The van der Waals surface area contributed by atoms with Gasteiger partial charge in [-0.3, -0.25) is 4.90 Å². The highest BCUT2D eigenvalue weighted by atomic mass is 35.5. The van der Waals surface area contributed by atoms with E-state index in [4.69, 9.17) is 11.6 Å². The van der Waals surface area contributed by atoms with Crippen LogP contribution in [0.5, 0.6) is 0 Å². The van der Waals surface area contributed by atoms with Crippen molar-refractivity contribution in [1.29, 1.82) is 0 Å². The third-order valence-corrected chi connectivity index (χ3v) is 3.81. The smallest absolute Gasteiger partial charge is 0.0408 e. The van der Waals surface area contributed by atoms with E-state index >= 15 is 0 Å². The highest BCUT2D eigenvalue weighted by Gasteiger charge is 2.22. The average Bonchev–Trinajstić information content (AvgIpc) is 2.38. The molecule has 1 aliphatic heterocycles. The highest BCUT2D eigenvalue weighted by molar-refractivity contribution is 6.30. The summed E-state index contributed by atoms with van der Waals surface area (Å²) in [4.78, 5) is 2.54. The topological polar surface area (TPSA) is 15.3 Å². The first kappa shape index (κ1) is 19.8. The summed E-state index contributed by atoms with van der Waals surface area (Å²) in [7, 11) is 0. The molecule has 114 valence electrons. The van der Waals surface area contributed by atoms with Crippen LogP contribution in [0, 0.1) is 6.92 Å². The third-order valence-electron chi connectivity index (χ3n) is 3.57. The van der Waals surface area contributed by atoms with Crippen molar-refractivity contribution in [3.63, 3.8) is 0 Å². The Bertz CT molecular complexity index is 418. The van der Waals surface area contributed by atoms with Crippen molar-refractivity contribution >= 4 is 36.4 Å². The number of hydrogen-bond acceptors (Lipinski definition) is 2. The van der Waals surface area contributed by atoms with Crippen molar-refractivity contribution in [1.82, 2.24) is 10.2 Å². The number of rotatable bonds is 4. The second-order valence-electron chi connectivity index (χ2n) is 4.83. The zero-order valence-electron chi connectivity index (χ0n) is 11.8. The summed E-state index contributed by atoms with van der Waals surface area (Å²) in [5.74, 6) is 0. The summed E-state index contributed by atoms with van der Waals surface area (Å²) in [6.07, 6.45) is 3.00. The van der Waals surface area contributed by atoms with Crippen LogP contribution in [0.2, 0.25) is 5.02 Å². The molecule has 0 radical (unpaired) electrons. The lowest BCUT2D eigenvalue weighted by atomic mass is 9.97. The van der Waals surface area contributed by atoms with E-state index in [0.717, 1.165) is 37.6 Å². The Labute approximate surface area is 139 Å². The first-order valence-corrected chi connectivity index (χ1v) is 6.92. The van der Waals surface area contributed by atoms with Crippen LogP contribution in [0.3, 0.4) is 0 Å². The third kappa shape index (κ3) is 4.94. The van der Waals surface area contributed by atoms with Gasteiger partial charge in [0.1, 0.15) is 0 Å². The summed E-state index contributed by atoms with van der Waals surface area (Å²) in [5.41, 5.74) is 2.65. The number of aryl methyl sites for hydroxylation is 1. The molecule has 0 unspecified atom stereocenters. The predicted molar refractivity (Wildman–Crippen MR) is 92.7 cm³/mol. The summed E-state index contributed by atoms with van der Waals surface area (Å²) >= 11 is 6.04. The molecule has 1 atom stereocenters. The molecule has 0 aromatic heterocycles. The fourth-order valence-electron chi connectivity index (χ4n) is 2.64. The van der Waals surface area contributed by atoms with Crippen LogP contribution in [0.4, 0.5) is 0 Å².